The molecular formula is C2H8Cl2N3OP. The average Bonchev–Trinajstić information content (AvgIpc) is 1.86. The minimum absolute atomic E-state index is 1.37. The molecule has 0 amide bonds. The predicted octanol–water partition coefficient (Wildman–Crippen LogP) is 1.14. The quantitative estimate of drug-likeness (QED) is 0.519. The molecule has 0 aromatic heterocycles. The van der Waals surface area contributed by atoms with E-state index in [4.69, 9.17) is 23.6 Å². The zero-order valence-electron chi connectivity index (χ0n) is 5.06. The maximum absolute atomic E-state index is 11.1. The Morgan fingerprint density at radius 3 is 1.67 bits per heavy atom. The molecule has 0 rings (SSSR count). The van der Waals surface area contributed by atoms with Gasteiger partial charge in [-0.1, -0.05) is 0 Å². The zero-order valence-corrected chi connectivity index (χ0v) is 7.46. The number of hydrogen-bond acceptors (Lipinski definition) is 1. The molecule has 56 valence electrons. The van der Waals surface area contributed by atoms with Gasteiger partial charge in [-0.05, 0) is 37.6 Å². The van der Waals surface area contributed by atoms with Crippen molar-refractivity contribution in [2.45, 2.75) is 0 Å². The van der Waals surface area contributed by atoms with Crippen LogP contribution in [0.1, 0.15) is 0 Å². The maximum Gasteiger partial charge on any atom is 0.308 e. The molecule has 0 heterocycles. The zero-order chi connectivity index (χ0) is 7.49. The second-order valence-electron chi connectivity index (χ2n) is 1.59. The lowest BCUT2D eigenvalue weighted by molar-refractivity contribution is 0.508. The van der Waals surface area contributed by atoms with E-state index in [9.17, 15) is 4.57 Å². The summed E-state index contributed by atoms with van der Waals surface area (Å²) in [6, 6.07) is 0. The number of hydrogen-bond donors (Lipinski definition) is 2. The van der Waals surface area contributed by atoms with Crippen molar-refractivity contribution in [2.75, 3.05) is 14.1 Å². The lowest BCUT2D eigenvalue weighted by Gasteiger charge is -2.19. The van der Waals surface area contributed by atoms with Crippen LogP contribution in [0.5, 0.6) is 0 Å². The summed E-state index contributed by atoms with van der Waals surface area (Å²) < 4.78 is 16.5. The van der Waals surface area contributed by atoms with E-state index in [2.05, 4.69) is 0 Å². The largest absolute Gasteiger partial charge is 0.308 e. The Kier molecular flexibility index (Phi) is 4.05. The van der Waals surface area contributed by atoms with Crippen molar-refractivity contribution < 1.29 is 4.57 Å². The van der Waals surface area contributed by atoms with Crippen LogP contribution in [-0.4, -0.2) is 18.8 Å². The lowest BCUT2D eigenvalue weighted by Crippen LogP contribution is -2.21. The first-order valence-corrected chi connectivity index (χ1v) is 4.52. The second-order valence-corrected chi connectivity index (χ2v) is 4.90. The summed E-state index contributed by atoms with van der Waals surface area (Å²) in [6.07, 6.45) is 0. The molecule has 0 aromatic rings. The van der Waals surface area contributed by atoms with E-state index in [0.717, 1.165) is 0 Å². The lowest BCUT2D eigenvalue weighted by atomic mass is 11.3. The van der Waals surface area contributed by atoms with E-state index in [-0.39, 0.29) is 0 Å². The Hall–Kier alpha value is 0.690. The van der Waals surface area contributed by atoms with E-state index in [1.807, 2.05) is 9.21 Å². The van der Waals surface area contributed by atoms with Gasteiger partial charge in [0.1, 0.15) is 0 Å². The van der Waals surface area contributed by atoms with Crippen LogP contribution in [0.2, 0.25) is 0 Å². The van der Waals surface area contributed by atoms with Crippen LogP contribution < -0.4 is 9.21 Å². The highest BCUT2D eigenvalue weighted by Crippen LogP contribution is 2.38. The first kappa shape index (κ1) is 9.69. The molecule has 7 heteroatoms. The fourth-order valence-corrected chi connectivity index (χ4v) is 1.79. The molecule has 0 aliphatic heterocycles. The van der Waals surface area contributed by atoms with Gasteiger partial charge in [-0.3, -0.25) is 4.57 Å². The molecule has 0 unspecified atom stereocenters. The third kappa shape index (κ3) is 2.42. The Bertz CT molecular complexity index is 121. The SMILES string of the molecule is CN(C)P(=O)(NCl)NCl. The Balaban J connectivity index is 4.11. The smallest absolute Gasteiger partial charge is 0.268 e. The second kappa shape index (κ2) is 3.76. The van der Waals surface area contributed by atoms with Gasteiger partial charge in [-0.2, -0.15) is 9.21 Å². The van der Waals surface area contributed by atoms with Crippen molar-refractivity contribution in [3.05, 3.63) is 0 Å². The normalized spacial score (nSPS) is 12.6. The van der Waals surface area contributed by atoms with E-state index in [1.54, 1.807) is 14.1 Å². The summed E-state index contributed by atoms with van der Waals surface area (Å²) >= 11 is 10.2. The van der Waals surface area contributed by atoms with Crippen LogP contribution >= 0.6 is 31.1 Å². The van der Waals surface area contributed by atoms with Gasteiger partial charge in [0.2, 0.25) is 0 Å². The molecule has 0 aliphatic carbocycles. The van der Waals surface area contributed by atoms with Gasteiger partial charge in [-0.25, -0.2) is 4.67 Å². The molecule has 9 heavy (non-hydrogen) atoms. The van der Waals surface area contributed by atoms with Crippen molar-refractivity contribution in [3.63, 3.8) is 0 Å². The van der Waals surface area contributed by atoms with E-state index >= 15 is 0 Å². The molecule has 2 N–H and O–H groups in total. The fraction of sp³-hybridized carbons (Fsp3) is 1.00. The number of rotatable bonds is 3. The van der Waals surface area contributed by atoms with Crippen molar-refractivity contribution in [1.29, 1.82) is 0 Å². The Labute approximate surface area is 64.3 Å². The number of halogens is 2. The minimum atomic E-state index is -2.89. The highest BCUT2D eigenvalue weighted by atomic mass is 35.5. The van der Waals surface area contributed by atoms with Gasteiger partial charge < -0.3 is 0 Å². The third-order valence-electron chi connectivity index (χ3n) is 0.792. The molecule has 0 radical (unpaired) electrons. The van der Waals surface area contributed by atoms with Gasteiger partial charge in [-0.15, -0.1) is 0 Å². The van der Waals surface area contributed by atoms with Gasteiger partial charge >= 0.3 is 7.59 Å². The average molecular weight is 192 g/mol. The van der Waals surface area contributed by atoms with Gasteiger partial charge in [0.25, 0.3) is 0 Å². The molecule has 0 aromatic carbocycles. The summed E-state index contributed by atoms with van der Waals surface area (Å²) in [5.41, 5.74) is 0. The fourth-order valence-electron chi connectivity index (χ4n) is 0.167. The Morgan fingerprint density at radius 2 is 1.67 bits per heavy atom. The van der Waals surface area contributed by atoms with Crippen LogP contribution in [-0.2, 0) is 4.57 Å². The van der Waals surface area contributed by atoms with Crippen molar-refractivity contribution in [3.8, 4) is 0 Å². The number of nitrogens with one attached hydrogen (secondary N) is 2. The first-order valence-electron chi connectivity index (χ1n) is 2.10. The molecular weight excluding hydrogens is 184 g/mol. The maximum atomic E-state index is 11.1. The number of nitrogens with zero attached hydrogens (tertiary/aromatic N) is 1. The highest BCUT2D eigenvalue weighted by Gasteiger charge is 2.21. The molecule has 0 saturated carbocycles. The molecule has 0 atom stereocenters. The summed E-state index contributed by atoms with van der Waals surface area (Å²) in [5, 5.41) is 0. The standard InChI is InChI=1S/C2H8Cl2N3OP/c1-7(2)9(8,5-3)6-4/h1-2H3,(H2,5,6,8). The van der Waals surface area contributed by atoms with Crippen LogP contribution in [0.25, 0.3) is 0 Å². The topological polar surface area (TPSA) is 44.4 Å². The van der Waals surface area contributed by atoms with Crippen molar-refractivity contribution >= 4 is 31.1 Å². The Morgan fingerprint density at radius 1 is 1.33 bits per heavy atom. The molecule has 0 spiro atoms. The van der Waals surface area contributed by atoms with Crippen molar-refractivity contribution in [2.24, 2.45) is 0 Å². The summed E-state index contributed by atoms with van der Waals surface area (Å²) in [7, 11) is 0.289. The van der Waals surface area contributed by atoms with E-state index in [1.165, 1.54) is 4.67 Å². The van der Waals surface area contributed by atoms with Gasteiger partial charge in [0, 0.05) is 0 Å². The monoisotopic (exact) mass is 191 g/mol. The van der Waals surface area contributed by atoms with Crippen LogP contribution in [0, 0.1) is 0 Å². The first-order chi connectivity index (χ1) is 4.06. The minimum Gasteiger partial charge on any atom is -0.268 e. The van der Waals surface area contributed by atoms with E-state index < -0.39 is 7.59 Å². The molecule has 0 bridgehead atoms. The summed E-state index contributed by atoms with van der Waals surface area (Å²) in [5.74, 6) is 0. The molecule has 0 fully saturated rings. The van der Waals surface area contributed by atoms with Crippen LogP contribution in [0.15, 0.2) is 0 Å². The van der Waals surface area contributed by atoms with E-state index in [0.29, 0.717) is 0 Å². The van der Waals surface area contributed by atoms with Crippen molar-refractivity contribution in [1.82, 2.24) is 13.9 Å². The molecule has 4 nitrogen and oxygen atoms in total. The highest BCUT2D eigenvalue weighted by molar-refractivity contribution is 7.59. The summed E-state index contributed by atoms with van der Waals surface area (Å²) in [6.45, 7) is 0. The molecule has 0 aliphatic rings. The summed E-state index contributed by atoms with van der Waals surface area (Å²) in [4.78, 5) is 0. The molecule has 0 saturated heterocycles. The third-order valence-corrected chi connectivity index (χ3v) is 3.75. The van der Waals surface area contributed by atoms with Gasteiger partial charge in [0.15, 0.2) is 0 Å². The predicted molar refractivity (Wildman–Crippen MR) is 39.3 cm³/mol. The van der Waals surface area contributed by atoms with Crippen LogP contribution in [0.4, 0.5) is 0 Å². The van der Waals surface area contributed by atoms with Gasteiger partial charge in [0.05, 0.1) is 0 Å². The van der Waals surface area contributed by atoms with Crippen LogP contribution in [0.3, 0.4) is 0 Å².